The minimum Gasteiger partial charge on any atom is -0.305 e. The van der Waals surface area contributed by atoms with Crippen LogP contribution < -0.4 is 5.32 Å². The highest BCUT2D eigenvalue weighted by Crippen LogP contribution is 2.28. The highest BCUT2D eigenvalue weighted by molar-refractivity contribution is 7.99. The third-order valence-corrected chi connectivity index (χ3v) is 3.08. The molecule has 2 aromatic rings. The summed E-state index contributed by atoms with van der Waals surface area (Å²) in [5.41, 5.74) is 0.999. The third kappa shape index (κ3) is 3.54. The molecule has 0 atom stereocenters. The lowest BCUT2D eigenvalue weighted by molar-refractivity contribution is 0.102. The Morgan fingerprint density at radius 1 is 1.42 bits per heavy atom. The van der Waals surface area contributed by atoms with Crippen LogP contribution in [0.1, 0.15) is 16.1 Å². The number of nitrogens with zero attached hydrogens (tertiary/aromatic N) is 1. The first-order valence-electron chi connectivity index (χ1n) is 5.43. The molecule has 7 heteroatoms. The number of carbonyl (C=O) groups excluding carboxylic acids is 1. The Kier molecular flexibility index (Phi) is 4.16. The van der Waals surface area contributed by atoms with Gasteiger partial charge in [0, 0.05) is 16.7 Å². The van der Waals surface area contributed by atoms with E-state index in [2.05, 4.69) is 15.5 Å². The highest BCUT2D eigenvalue weighted by atomic mass is 32.2. The van der Waals surface area contributed by atoms with Crippen molar-refractivity contribution in [1.29, 1.82) is 0 Å². The number of carbonyl (C=O) groups is 1. The predicted octanol–water partition coefficient (Wildman–Crippen LogP) is 3.29. The number of thioether (sulfide) groups is 1. The molecule has 4 nitrogen and oxygen atoms in total. The van der Waals surface area contributed by atoms with Crippen LogP contribution in [0.25, 0.3) is 0 Å². The Balaban J connectivity index is 2.18. The minimum absolute atomic E-state index is 0.202. The normalized spacial score (nSPS) is 10.7. The molecule has 19 heavy (non-hydrogen) atoms. The fourth-order valence-corrected chi connectivity index (χ4v) is 2.16. The van der Waals surface area contributed by atoms with E-state index in [0.29, 0.717) is 17.6 Å². The molecule has 0 radical (unpaired) electrons. The fraction of sp³-hybridized carbons (Fsp3) is 0.167. The summed E-state index contributed by atoms with van der Waals surface area (Å²) in [6, 6.07) is 7.88. The first-order valence-corrected chi connectivity index (χ1v) is 6.31. The van der Waals surface area contributed by atoms with Gasteiger partial charge >= 0.3 is 0 Å². The van der Waals surface area contributed by atoms with Gasteiger partial charge in [-0.1, -0.05) is 23.9 Å². The van der Waals surface area contributed by atoms with Crippen molar-refractivity contribution in [3.8, 4) is 0 Å². The first-order chi connectivity index (χ1) is 9.06. The van der Waals surface area contributed by atoms with E-state index < -0.39 is 11.7 Å². The molecular weight excluding hydrogens is 272 g/mol. The molecule has 100 valence electrons. The summed E-state index contributed by atoms with van der Waals surface area (Å²) in [6.07, 6.45) is 0. The maximum atomic E-state index is 12.4. The predicted molar refractivity (Wildman–Crippen MR) is 69.6 cm³/mol. The number of anilines is 1. The SMILES string of the molecule is Cc1cc(NC(=O)c2ccccc2SC(F)F)n[nH]1. The Hall–Kier alpha value is -1.89. The van der Waals surface area contributed by atoms with Crippen molar-refractivity contribution in [2.75, 3.05) is 5.32 Å². The van der Waals surface area contributed by atoms with Crippen molar-refractivity contribution in [3.05, 3.63) is 41.6 Å². The molecule has 0 unspecified atom stereocenters. The summed E-state index contributed by atoms with van der Waals surface area (Å²) in [5.74, 6) is -2.67. The molecule has 0 bridgehead atoms. The summed E-state index contributed by atoms with van der Waals surface area (Å²) in [5, 5.41) is 9.10. The van der Waals surface area contributed by atoms with Gasteiger partial charge in [0.05, 0.1) is 5.56 Å². The molecule has 1 heterocycles. The van der Waals surface area contributed by atoms with Crippen molar-refractivity contribution in [2.45, 2.75) is 17.6 Å². The van der Waals surface area contributed by atoms with Gasteiger partial charge in [0.15, 0.2) is 5.82 Å². The Morgan fingerprint density at radius 3 is 2.79 bits per heavy atom. The van der Waals surface area contributed by atoms with Gasteiger partial charge in [0.2, 0.25) is 0 Å². The van der Waals surface area contributed by atoms with Crippen LogP contribution in [0.15, 0.2) is 35.2 Å². The minimum atomic E-state index is -2.57. The van der Waals surface area contributed by atoms with Crippen molar-refractivity contribution < 1.29 is 13.6 Å². The second-order valence-electron chi connectivity index (χ2n) is 3.76. The molecule has 0 aliphatic carbocycles. The molecule has 2 rings (SSSR count). The number of amides is 1. The maximum Gasteiger partial charge on any atom is 0.288 e. The number of nitrogens with one attached hydrogen (secondary N) is 2. The smallest absolute Gasteiger partial charge is 0.288 e. The van der Waals surface area contributed by atoms with Crippen LogP contribution in [-0.2, 0) is 0 Å². The van der Waals surface area contributed by atoms with Crippen LogP contribution in [0.2, 0.25) is 0 Å². The molecule has 1 aromatic heterocycles. The van der Waals surface area contributed by atoms with Crippen LogP contribution in [0.5, 0.6) is 0 Å². The van der Waals surface area contributed by atoms with Crippen molar-refractivity contribution in [3.63, 3.8) is 0 Å². The zero-order chi connectivity index (χ0) is 13.8. The quantitative estimate of drug-likeness (QED) is 0.847. The lowest BCUT2D eigenvalue weighted by atomic mass is 10.2. The average molecular weight is 283 g/mol. The zero-order valence-corrected chi connectivity index (χ0v) is 10.8. The maximum absolute atomic E-state index is 12.4. The Morgan fingerprint density at radius 2 is 2.16 bits per heavy atom. The van der Waals surface area contributed by atoms with Crippen LogP contribution in [0, 0.1) is 6.92 Å². The van der Waals surface area contributed by atoms with E-state index in [1.54, 1.807) is 25.1 Å². The second kappa shape index (κ2) is 5.83. The lowest BCUT2D eigenvalue weighted by Gasteiger charge is -2.07. The molecule has 1 amide bonds. The highest BCUT2D eigenvalue weighted by Gasteiger charge is 2.15. The van der Waals surface area contributed by atoms with Crippen LogP contribution in [0.3, 0.4) is 0 Å². The van der Waals surface area contributed by atoms with Gasteiger partial charge in [0.1, 0.15) is 0 Å². The Bertz CT molecular complexity index is 586. The summed E-state index contributed by atoms with van der Waals surface area (Å²) in [7, 11) is 0. The average Bonchev–Trinajstić information content (AvgIpc) is 2.74. The van der Waals surface area contributed by atoms with Gasteiger partial charge in [-0.05, 0) is 19.1 Å². The molecule has 0 saturated carbocycles. The van der Waals surface area contributed by atoms with Gasteiger partial charge in [-0.2, -0.15) is 13.9 Å². The van der Waals surface area contributed by atoms with Crippen LogP contribution in [0.4, 0.5) is 14.6 Å². The van der Waals surface area contributed by atoms with Crippen molar-refractivity contribution >= 4 is 23.5 Å². The van der Waals surface area contributed by atoms with Gasteiger partial charge in [-0.25, -0.2) is 0 Å². The Labute approximate surface area is 112 Å². The van der Waals surface area contributed by atoms with E-state index in [1.165, 1.54) is 12.1 Å². The number of H-pyrrole nitrogens is 1. The molecule has 1 aromatic carbocycles. The number of hydrogen-bond acceptors (Lipinski definition) is 3. The van der Waals surface area contributed by atoms with Crippen molar-refractivity contribution in [2.24, 2.45) is 0 Å². The monoisotopic (exact) mass is 283 g/mol. The van der Waals surface area contributed by atoms with E-state index in [-0.39, 0.29) is 10.5 Å². The molecule has 0 spiro atoms. The molecular formula is C12H11F2N3OS. The molecule has 0 aliphatic heterocycles. The lowest BCUT2D eigenvalue weighted by Crippen LogP contribution is -2.13. The molecule has 0 saturated heterocycles. The van der Waals surface area contributed by atoms with E-state index in [1.807, 2.05) is 0 Å². The van der Waals surface area contributed by atoms with Gasteiger partial charge in [-0.15, -0.1) is 0 Å². The number of rotatable bonds is 4. The van der Waals surface area contributed by atoms with Crippen LogP contribution >= 0.6 is 11.8 Å². The summed E-state index contributed by atoms with van der Waals surface area (Å²) < 4.78 is 24.8. The summed E-state index contributed by atoms with van der Waals surface area (Å²) in [6.45, 7) is 1.79. The van der Waals surface area contributed by atoms with Gasteiger partial charge in [-0.3, -0.25) is 9.89 Å². The summed E-state index contributed by atoms with van der Waals surface area (Å²) >= 11 is 0.347. The number of halogens is 2. The molecule has 0 aliphatic rings. The van der Waals surface area contributed by atoms with Gasteiger partial charge in [0.25, 0.3) is 11.7 Å². The molecule has 2 N–H and O–H groups in total. The fourth-order valence-electron chi connectivity index (χ4n) is 1.52. The van der Waals surface area contributed by atoms with Crippen LogP contribution in [-0.4, -0.2) is 21.9 Å². The van der Waals surface area contributed by atoms with E-state index >= 15 is 0 Å². The van der Waals surface area contributed by atoms with Crippen molar-refractivity contribution in [1.82, 2.24) is 10.2 Å². The number of aromatic nitrogens is 2. The molecule has 0 fully saturated rings. The third-order valence-electron chi connectivity index (χ3n) is 2.30. The second-order valence-corrected chi connectivity index (χ2v) is 4.80. The largest absolute Gasteiger partial charge is 0.305 e. The standard InChI is InChI=1S/C12H11F2N3OS/c1-7-6-10(17-16-7)15-11(18)8-4-2-3-5-9(8)19-12(13)14/h2-6,12H,1H3,(H2,15,16,17,18). The van der Waals surface area contributed by atoms with E-state index in [9.17, 15) is 13.6 Å². The number of aryl methyl sites for hydroxylation is 1. The van der Waals surface area contributed by atoms with E-state index in [0.717, 1.165) is 5.69 Å². The van der Waals surface area contributed by atoms with Gasteiger partial charge < -0.3 is 5.32 Å². The number of hydrogen-bond donors (Lipinski definition) is 2. The topological polar surface area (TPSA) is 57.8 Å². The number of aromatic amines is 1. The number of alkyl halides is 2. The summed E-state index contributed by atoms with van der Waals surface area (Å²) in [4.78, 5) is 12.2. The zero-order valence-electron chi connectivity index (χ0n) is 9.98. The number of benzene rings is 1. The van der Waals surface area contributed by atoms with E-state index in [4.69, 9.17) is 0 Å². The first kappa shape index (κ1) is 13.5.